The number of hydrogen-bond donors (Lipinski definition) is 1. The second kappa shape index (κ2) is 9.58. The molecule has 1 aromatic carbocycles. The van der Waals surface area contributed by atoms with Crippen molar-refractivity contribution in [2.45, 2.75) is 103 Å². The highest BCUT2D eigenvalue weighted by atomic mass is 28.4. The van der Waals surface area contributed by atoms with Gasteiger partial charge in [-0.05, 0) is 59.9 Å². The first-order valence-electron chi connectivity index (χ1n) is 11.1. The van der Waals surface area contributed by atoms with Crippen LogP contribution >= 0.6 is 0 Å². The van der Waals surface area contributed by atoms with Crippen molar-refractivity contribution in [3.8, 4) is 0 Å². The summed E-state index contributed by atoms with van der Waals surface area (Å²) in [6, 6.07) is 8.19. The fraction of sp³-hybridized carbons (Fsp3) is 0.708. The highest BCUT2D eigenvalue weighted by Crippen LogP contribution is 2.46. The predicted octanol–water partition coefficient (Wildman–Crippen LogP) is 6.78. The van der Waals surface area contributed by atoms with Crippen molar-refractivity contribution in [2.75, 3.05) is 0 Å². The summed E-state index contributed by atoms with van der Waals surface area (Å²) in [6.07, 6.45) is 5.07. The van der Waals surface area contributed by atoms with E-state index in [2.05, 4.69) is 53.7 Å². The summed E-state index contributed by atoms with van der Waals surface area (Å²) in [5.41, 5.74) is 4.02. The van der Waals surface area contributed by atoms with Crippen LogP contribution in [0.2, 0.25) is 16.6 Å². The van der Waals surface area contributed by atoms with E-state index in [4.69, 9.17) is 4.43 Å². The monoisotopic (exact) mass is 404 g/mol. The summed E-state index contributed by atoms with van der Waals surface area (Å²) in [6.45, 7) is 15.9. The zero-order valence-corrected chi connectivity index (χ0v) is 19.9. The van der Waals surface area contributed by atoms with E-state index in [0.29, 0.717) is 28.6 Å². The van der Waals surface area contributed by atoms with E-state index >= 15 is 0 Å². The molecule has 1 aliphatic rings. The van der Waals surface area contributed by atoms with Gasteiger partial charge in [0.25, 0.3) is 0 Å². The quantitative estimate of drug-likeness (QED) is 0.461. The standard InChI is InChI=1S/C24H40O3Si/c1-16(2)28(17(3)4,18(5)6)27-23-10-8-9-22(23)15-20-11-13-21(14-12-20)19(7)24(25)26/h11-14,16-19,22-23H,8-10,15H2,1-7H3,(H,25,26)/t19?,22-,23+/m1/s1. The number of rotatable bonds is 9. The van der Waals surface area contributed by atoms with Gasteiger partial charge >= 0.3 is 5.97 Å². The number of carboxylic acids is 1. The summed E-state index contributed by atoms with van der Waals surface area (Å²) in [5.74, 6) is -0.647. The van der Waals surface area contributed by atoms with E-state index < -0.39 is 20.2 Å². The van der Waals surface area contributed by atoms with Gasteiger partial charge in [-0.2, -0.15) is 0 Å². The Morgan fingerprint density at radius 2 is 1.54 bits per heavy atom. The molecule has 1 saturated carbocycles. The molecule has 3 nitrogen and oxygen atoms in total. The van der Waals surface area contributed by atoms with Gasteiger partial charge < -0.3 is 9.53 Å². The Morgan fingerprint density at radius 3 is 2.00 bits per heavy atom. The van der Waals surface area contributed by atoms with Crippen LogP contribution in [0.3, 0.4) is 0 Å². The SMILES string of the molecule is CC(C(=O)O)c1ccc(C[C@H]2CCC[C@@H]2O[Si](C(C)C)(C(C)C)C(C)C)cc1. The Balaban J connectivity index is 2.13. The van der Waals surface area contributed by atoms with Crippen molar-refractivity contribution in [3.63, 3.8) is 0 Å². The van der Waals surface area contributed by atoms with Gasteiger partial charge in [-0.15, -0.1) is 0 Å². The highest BCUT2D eigenvalue weighted by Gasteiger charge is 2.48. The molecule has 1 unspecified atom stereocenters. The van der Waals surface area contributed by atoms with Crippen LogP contribution in [-0.4, -0.2) is 25.5 Å². The van der Waals surface area contributed by atoms with Gasteiger partial charge in [-0.3, -0.25) is 4.79 Å². The Labute approximate surface area is 173 Å². The summed E-state index contributed by atoms with van der Waals surface area (Å²) in [4.78, 5) is 11.2. The van der Waals surface area contributed by atoms with Crippen LogP contribution in [0.5, 0.6) is 0 Å². The van der Waals surface area contributed by atoms with Gasteiger partial charge in [-0.1, -0.05) is 72.2 Å². The van der Waals surface area contributed by atoms with Gasteiger partial charge in [-0.25, -0.2) is 0 Å². The minimum Gasteiger partial charge on any atom is -0.481 e. The Hall–Kier alpha value is -1.13. The molecule has 0 saturated heterocycles. The molecule has 0 spiro atoms. The largest absolute Gasteiger partial charge is 0.481 e. The highest BCUT2D eigenvalue weighted by molar-refractivity contribution is 6.77. The predicted molar refractivity (Wildman–Crippen MR) is 119 cm³/mol. The zero-order chi connectivity index (χ0) is 21.1. The second-order valence-electron chi connectivity index (χ2n) is 9.67. The molecule has 1 aliphatic carbocycles. The zero-order valence-electron chi connectivity index (χ0n) is 18.9. The summed E-state index contributed by atoms with van der Waals surface area (Å²) >= 11 is 0. The van der Waals surface area contributed by atoms with Gasteiger partial charge in [0.05, 0.1) is 5.92 Å². The van der Waals surface area contributed by atoms with Crippen molar-refractivity contribution < 1.29 is 14.3 Å². The molecular weight excluding hydrogens is 364 g/mol. The number of carbonyl (C=O) groups is 1. The maximum Gasteiger partial charge on any atom is 0.310 e. The fourth-order valence-electron chi connectivity index (χ4n) is 5.45. The van der Waals surface area contributed by atoms with E-state index in [0.717, 1.165) is 12.0 Å². The lowest BCUT2D eigenvalue weighted by Crippen LogP contribution is -2.50. The van der Waals surface area contributed by atoms with Gasteiger partial charge in [0.2, 0.25) is 8.32 Å². The molecule has 0 aromatic heterocycles. The molecular formula is C24H40O3Si. The van der Waals surface area contributed by atoms with Crippen LogP contribution in [0.15, 0.2) is 24.3 Å². The molecule has 28 heavy (non-hydrogen) atoms. The fourth-order valence-corrected chi connectivity index (χ4v) is 11.1. The van der Waals surface area contributed by atoms with E-state index in [-0.39, 0.29) is 0 Å². The van der Waals surface area contributed by atoms with E-state index in [1.807, 2.05) is 12.1 Å². The summed E-state index contributed by atoms with van der Waals surface area (Å²) < 4.78 is 7.12. The van der Waals surface area contributed by atoms with Crippen LogP contribution in [0.25, 0.3) is 0 Å². The van der Waals surface area contributed by atoms with Crippen molar-refractivity contribution >= 4 is 14.3 Å². The number of hydrogen-bond acceptors (Lipinski definition) is 2. The van der Waals surface area contributed by atoms with Crippen LogP contribution in [0.4, 0.5) is 0 Å². The summed E-state index contributed by atoms with van der Waals surface area (Å²) in [5, 5.41) is 9.20. The first kappa shape index (κ1) is 23.1. The van der Waals surface area contributed by atoms with Crippen LogP contribution < -0.4 is 0 Å². The van der Waals surface area contributed by atoms with Crippen LogP contribution in [0, 0.1) is 5.92 Å². The smallest absolute Gasteiger partial charge is 0.310 e. The van der Waals surface area contributed by atoms with E-state index in [9.17, 15) is 9.90 Å². The maximum atomic E-state index is 11.2. The molecule has 0 heterocycles. The average molecular weight is 405 g/mol. The van der Waals surface area contributed by atoms with Crippen LogP contribution in [0.1, 0.15) is 84.8 Å². The normalized spacial score (nSPS) is 21.6. The van der Waals surface area contributed by atoms with Gasteiger partial charge in [0.15, 0.2) is 0 Å². The number of aliphatic carboxylic acids is 1. The molecule has 2 rings (SSSR count). The lowest BCUT2D eigenvalue weighted by molar-refractivity contribution is -0.138. The topological polar surface area (TPSA) is 46.5 Å². The van der Waals surface area contributed by atoms with E-state index in [1.54, 1.807) is 6.92 Å². The lowest BCUT2D eigenvalue weighted by Gasteiger charge is -2.45. The van der Waals surface area contributed by atoms with Crippen LogP contribution in [-0.2, 0) is 15.6 Å². The van der Waals surface area contributed by atoms with Gasteiger partial charge in [0.1, 0.15) is 0 Å². The molecule has 3 atom stereocenters. The minimum absolute atomic E-state index is 0.372. The summed E-state index contributed by atoms with van der Waals surface area (Å²) in [7, 11) is -1.85. The van der Waals surface area contributed by atoms with Crippen molar-refractivity contribution in [1.82, 2.24) is 0 Å². The first-order chi connectivity index (χ1) is 13.1. The van der Waals surface area contributed by atoms with Crippen molar-refractivity contribution in [3.05, 3.63) is 35.4 Å². The number of carboxylic acid groups (broad SMARTS) is 1. The van der Waals surface area contributed by atoms with E-state index in [1.165, 1.54) is 24.8 Å². The molecule has 0 radical (unpaired) electrons. The third kappa shape index (κ3) is 4.88. The first-order valence-corrected chi connectivity index (χ1v) is 13.2. The van der Waals surface area contributed by atoms with Crippen molar-refractivity contribution in [1.29, 1.82) is 0 Å². The van der Waals surface area contributed by atoms with Gasteiger partial charge in [0, 0.05) is 6.10 Å². The molecule has 4 heteroatoms. The lowest BCUT2D eigenvalue weighted by atomic mass is 9.94. The number of benzene rings is 1. The Bertz CT molecular complexity index is 614. The second-order valence-corrected chi connectivity index (χ2v) is 15.1. The molecule has 1 N–H and O–H groups in total. The molecule has 1 fully saturated rings. The molecule has 0 bridgehead atoms. The molecule has 0 amide bonds. The Morgan fingerprint density at radius 1 is 1.00 bits per heavy atom. The molecule has 0 aliphatic heterocycles. The Kier molecular flexibility index (Phi) is 7.92. The average Bonchev–Trinajstić information content (AvgIpc) is 3.05. The minimum atomic E-state index is -1.85. The third-order valence-electron chi connectivity index (χ3n) is 7.00. The molecule has 158 valence electrons. The third-order valence-corrected chi connectivity index (χ3v) is 13.1. The molecule has 1 aromatic rings. The maximum absolute atomic E-state index is 11.2. The van der Waals surface area contributed by atoms with Crippen molar-refractivity contribution in [2.24, 2.45) is 5.92 Å².